The minimum Gasteiger partial charge on any atom is -0.305 e. The number of rotatable bonds is 4. The average molecular weight is 333 g/mol. The van der Waals surface area contributed by atoms with Gasteiger partial charge in [0.05, 0.1) is 6.67 Å². The molecule has 1 aromatic carbocycles. The number of pyridine rings is 1. The summed E-state index contributed by atoms with van der Waals surface area (Å²) in [5.74, 6) is 0.305. The van der Waals surface area contributed by atoms with Gasteiger partial charge >= 0.3 is 0 Å². The van der Waals surface area contributed by atoms with E-state index in [1.165, 1.54) is 5.56 Å². The molecule has 0 bridgehead atoms. The van der Waals surface area contributed by atoms with Crippen molar-refractivity contribution in [3.8, 4) is 0 Å². The van der Waals surface area contributed by atoms with Gasteiger partial charge in [-0.2, -0.15) is 5.10 Å². The quantitative estimate of drug-likeness (QED) is 0.797. The summed E-state index contributed by atoms with van der Waals surface area (Å²) in [4.78, 5) is 18.8. The van der Waals surface area contributed by atoms with E-state index in [9.17, 15) is 4.79 Å². The molecule has 0 saturated carbocycles. The molecule has 1 amide bonds. The Morgan fingerprint density at radius 2 is 1.96 bits per heavy atom. The van der Waals surface area contributed by atoms with Crippen LogP contribution in [0.3, 0.4) is 0 Å². The molecule has 1 aliphatic heterocycles. The number of hydrogen-bond acceptors (Lipinski definition) is 4. The highest BCUT2D eigenvalue weighted by Crippen LogP contribution is 2.16. The molecule has 126 valence electrons. The molecule has 3 aromatic rings. The van der Waals surface area contributed by atoms with Crippen LogP contribution in [-0.2, 0) is 19.6 Å². The number of aromatic nitrogens is 3. The van der Waals surface area contributed by atoms with Crippen molar-refractivity contribution in [3.63, 3.8) is 0 Å². The number of hydrogen-bond donors (Lipinski definition) is 1. The van der Waals surface area contributed by atoms with Gasteiger partial charge in [-0.05, 0) is 23.8 Å². The highest BCUT2D eigenvalue weighted by Gasteiger charge is 2.21. The third-order valence-corrected chi connectivity index (χ3v) is 4.27. The van der Waals surface area contributed by atoms with E-state index in [0.29, 0.717) is 18.2 Å². The molecule has 3 heterocycles. The lowest BCUT2D eigenvalue weighted by atomic mass is 10.2. The molecular formula is C19H19N5O. The number of anilines is 1. The van der Waals surface area contributed by atoms with Crippen LogP contribution in [-0.4, -0.2) is 32.1 Å². The Kier molecular flexibility index (Phi) is 4.26. The van der Waals surface area contributed by atoms with Gasteiger partial charge in [-0.25, -0.2) is 4.98 Å². The molecule has 6 heteroatoms. The van der Waals surface area contributed by atoms with Gasteiger partial charge in [0.15, 0.2) is 5.69 Å². The summed E-state index contributed by atoms with van der Waals surface area (Å²) in [6.07, 6.45) is 2.53. The van der Waals surface area contributed by atoms with E-state index in [2.05, 4.69) is 44.6 Å². The van der Waals surface area contributed by atoms with E-state index in [0.717, 1.165) is 25.2 Å². The Morgan fingerprint density at radius 1 is 1.12 bits per heavy atom. The third-order valence-electron chi connectivity index (χ3n) is 4.27. The Bertz CT molecular complexity index is 860. The molecule has 25 heavy (non-hydrogen) atoms. The number of carbonyl (C=O) groups excluding carboxylic acids is 1. The van der Waals surface area contributed by atoms with Gasteiger partial charge in [-0.3, -0.25) is 14.4 Å². The number of carbonyl (C=O) groups is 1. The second-order valence-corrected chi connectivity index (χ2v) is 6.12. The summed E-state index contributed by atoms with van der Waals surface area (Å²) in [6.45, 7) is 2.54. The topological polar surface area (TPSA) is 63.1 Å². The Balaban J connectivity index is 1.44. The van der Waals surface area contributed by atoms with Gasteiger partial charge < -0.3 is 5.32 Å². The molecule has 0 radical (unpaired) electrons. The van der Waals surface area contributed by atoms with Gasteiger partial charge in [-0.1, -0.05) is 36.4 Å². The number of benzene rings is 1. The molecular weight excluding hydrogens is 314 g/mol. The van der Waals surface area contributed by atoms with Crippen LogP contribution in [0.5, 0.6) is 0 Å². The number of nitrogens with one attached hydrogen (secondary N) is 1. The van der Waals surface area contributed by atoms with Crippen molar-refractivity contribution in [1.82, 2.24) is 19.7 Å². The van der Waals surface area contributed by atoms with Crippen molar-refractivity contribution >= 4 is 11.7 Å². The van der Waals surface area contributed by atoms with Crippen LogP contribution in [0.15, 0.2) is 60.8 Å². The van der Waals surface area contributed by atoms with E-state index in [4.69, 9.17) is 0 Å². The van der Waals surface area contributed by atoms with Crippen LogP contribution in [0.4, 0.5) is 5.82 Å². The number of nitrogens with zero attached hydrogens (tertiary/aromatic N) is 4. The smallest absolute Gasteiger partial charge is 0.277 e. The molecule has 0 aliphatic carbocycles. The fourth-order valence-corrected chi connectivity index (χ4v) is 3.01. The van der Waals surface area contributed by atoms with E-state index in [-0.39, 0.29) is 5.91 Å². The molecule has 0 fully saturated rings. The molecule has 1 N–H and O–H groups in total. The molecule has 2 aromatic heterocycles. The Morgan fingerprint density at radius 3 is 2.76 bits per heavy atom. The van der Waals surface area contributed by atoms with Crippen LogP contribution >= 0.6 is 0 Å². The van der Waals surface area contributed by atoms with Crippen molar-refractivity contribution in [3.05, 3.63) is 77.7 Å². The van der Waals surface area contributed by atoms with E-state index in [1.807, 2.05) is 28.9 Å². The molecule has 0 spiro atoms. The molecule has 1 aliphatic rings. The van der Waals surface area contributed by atoms with Crippen molar-refractivity contribution in [1.29, 1.82) is 0 Å². The highest BCUT2D eigenvalue weighted by molar-refractivity contribution is 6.02. The SMILES string of the molecule is O=C(Nc1ccccn1)c1cc2n(n1)CN(Cc1ccccc1)CC2. The molecule has 6 nitrogen and oxygen atoms in total. The maximum absolute atomic E-state index is 12.4. The number of amides is 1. The minimum atomic E-state index is -0.227. The fraction of sp³-hybridized carbons (Fsp3) is 0.211. The van der Waals surface area contributed by atoms with Crippen molar-refractivity contribution in [2.45, 2.75) is 19.6 Å². The predicted octanol–water partition coefficient (Wildman–Crippen LogP) is 2.55. The lowest BCUT2D eigenvalue weighted by molar-refractivity contribution is 0.101. The first-order valence-electron chi connectivity index (χ1n) is 8.33. The van der Waals surface area contributed by atoms with Crippen LogP contribution in [0.2, 0.25) is 0 Å². The Labute approximate surface area is 146 Å². The number of fused-ring (bicyclic) bond motifs is 1. The zero-order valence-electron chi connectivity index (χ0n) is 13.8. The van der Waals surface area contributed by atoms with Gasteiger partial charge in [0, 0.05) is 31.4 Å². The first-order valence-corrected chi connectivity index (χ1v) is 8.33. The first kappa shape index (κ1) is 15.5. The average Bonchev–Trinajstić information content (AvgIpc) is 3.07. The second kappa shape index (κ2) is 6.86. The summed E-state index contributed by atoms with van der Waals surface area (Å²) in [6, 6.07) is 17.7. The highest BCUT2D eigenvalue weighted by atomic mass is 16.2. The standard InChI is InChI=1S/C19H19N5O/c25-19(21-18-8-4-5-10-20-18)17-12-16-9-11-23(14-24(16)22-17)13-15-6-2-1-3-7-15/h1-8,10,12H,9,11,13-14H2,(H,20,21,25). The molecule has 0 atom stereocenters. The van der Waals surface area contributed by atoms with Gasteiger partial charge in [-0.15, -0.1) is 0 Å². The minimum absolute atomic E-state index is 0.227. The summed E-state index contributed by atoms with van der Waals surface area (Å²) in [7, 11) is 0. The molecule has 0 unspecified atom stereocenters. The lowest BCUT2D eigenvalue weighted by Gasteiger charge is -2.27. The first-order chi connectivity index (χ1) is 12.3. The van der Waals surface area contributed by atoms with E-state index >= 15 is 0 Å². The molecule has 4 rings (SSSR count). The van der Waals surface area contributed by atoms with Crippen LogP contribution in [0, 0.1) is 0 Å². The fourth-order valence-electron chi connectivity index (χ4n) is 3.01. The van der Waals surface area contributed by atoms with Crippen molar-refractivity contribution in [2.24, 2.45) is 0 Å². The summed E-state index contributed by atoms with van der Waals surface area (Å²) < 4.78 is 1.92. The lowest BCUT2D eigenvalue weighted by Crippen LogP contribution is -2.34. The van der Waals surface area contributed by atoms with E-state index in [1.54, 1.807) is 12.3 Å². The van der Waals surface area contributed by atoms with Gasteiger partial charge in [0.2, 0.25) is 0 Å². The third kappa shape index (κ3) is 3.59. The molecule has 0 saturated heterocycles. The van der Waals surface area contributed by atoms with Crippen LogP contribution < -0.4 is 5.32 Å². The summed E-state index contributed by atoms with van der Waals surface area (Å²) in [5.41, 5.74) is 2.81. The van der Waals surface area contributed by atoms with Crippen molar-refractivity contribution in [2.75, 3.05) is 11.9 Å². The summed E-state index contributed by atoms with van der Waals surface area (Å²) in [5, 5.41) is 7.25. The van der Waals surface area contributed by atoms with Gasteiger partial charge in [0.25, 0.3) is 5.91 Å². The monoisotopic (exact) mass is 333 g/mol. The van der Waals surface area contributed by atoms with E-state index < -0.39 is 0 Å². The predicted molar refractivity (Wildman–Crippen MR) is 95.0 cm³/mol. The zero-order chi connectivity index (χ0) is 17.1. The Hall–Kier alpha value is -2.99. The summed E-state index contributed by atoms with van der Waals surface area (Å²) >= 11 is 0. The van der Waals surface area contributed by atoms with Crippen molar-refractivity contribution < 1.29 is 4.79 Å². The maximum atomic E-state index is 12.4. The largest absolute Gasteiger partial charge is 0.305 e. The maximum Gasteiger partial charge on any atom is 0.277 e. The normalized spacial score (nSPS) is 14.1. The van der Waals surface area contributed by atoms with Crippen LogP contribution in [0.1, 0.15) is 21.7 Å². The zero-order valence-corrected chi connectivity index (χ0v) is 13.8. The van der Waals surface area contributed by atoms with Gasteiger partial charge in [0.1, 0.15) is 5.82 Å². The second-order valence-electron chi connectivity index (χ2n) is 6.12. The van der Waals surface area contributed by atoms with Crippen LogP contribution in [0.25, 0.3) is 0 Å².